The van der Waals surface area contributed by atoms with Crippen molar-refractivity contribution < 1.29 is 9.53 Å². The molecule has 0 saturated heterocycles. The van der Waals surface area contributed by atoms with Gasteiger partial charge in [-0.1, -0.05) is 35.9 Å². The summed E-state index contributed by atoms with van der Waals surface area (Å²) in [5.41, 5.74) is 4.63. The van der Waals surface area contributed by atoms with E-state index >= 15 is 0 Å². The quantitative estimate of drug-likeness (QED) is 0.445. The number of ether oxygens (including phenoxy) is 1. The van der Waals surface area contributed by atoms with Crippen molar-refractivity contribution in [3.63, 3.8) is 0 Å². The van der Waals surface area contributed by atoms with Crippen LogP contribution in [-0.2, 0) is 16.1 Å². The smallest absolute Gasteiger partial charge is 0.325 e. The summed E-state index contributed by atoms with van der Waals surface area (Å²) in [4.78, 5) is 33.1. The minimum absolute atomic E-state index is 0.0491. The molecule has 0 radical (unpaired) electrons. The first kappa shape index (κ1) is 22.2. The van der Waals surface area contributed by atoms with Gasteiger partial charge in [0.05, 0.1) is 12.6 Å². The van der Waals surface area contributed by atoms with Gasteiger partial charge >= 0.3 is 5.97 Å². The van der Waals surface area contributed by atoms with Gasteiger partial charge in [-0.2, -0.15) is 0 Å². The van der Waals surface area contributed by atoms with Crippen LogP contribution < -0.4 is 10.9 Å². The van der Waals surface area contributed by atoms with Gasteiger partial charge in [0.25, 0.3) is 5.56 Å². The number of aromatic nitrogens is 3. The standard InChI is InChI=1S/C26H26N4O3/c1-16-6-5-7-19(12-16)17(2)27-26-22-13-20(8-10-23(22)28-18(3)29-26)21-9-11-24(31)30(14-21)15-25(32)33-4/h5-14,17H,15H2,1-4H3,(H,27,28,29)/t17-/m1/s1. The SMILES string of the molecule is COC(=O)Cn1cc(-c2ccc3nc(C)nc(N[C@H](C)c4cccc(C)c4)c3c2)ccc1=O. The topological polar surface area (TPSA) is 86.1 Å². The molecule has 0 unspecified atom stereocenters. The first-order valence-corrected chi connectivity index (χ1v) is 10.7. The molecule has 0 saturated carbocycles. The van der Waals surface area contributed by atoms with E-state index < -0.39 is 5.97 Å². The Labute approximate surface area is 192 Å². The molecular formula is C26H26N4O3. The predicted octanol–water partition coefficient (Wildman–Crippen LogP) is 4.42. The summed E-state index contributed by atoms with van der Waals surface area (Å²) < 4.78 is 6.04. The third-order valence-electron chi connectivity index (χ3n) is 5.55. The number of hydrogen-bond donors (Lipinski definition) is 1. The number of anilines is 1. The van der Waals surface area contributed by atoms with E-state index in [2.05, 4.69) is 47.3 Å². The van der Waals surface area contributed by atoms with Crippen LogP contribution in [0, 0.1) is 13.8 Å². The number of esters is 1. The fraction of sp³-hybridized carbons (Fsp3) is 0.231. The van der Waals surface area contributed by atoms with Gasteiger partial charge in [-0.05, 0) is 55.7 Å². The Balaban J connectivity index is 1.74. The van der Waals surface area contributed by atoms with E-state index in [1.807, 2.05) is 31.2 Å². The molecule has 0 aliphatic heterocycles. The Kier molecular flexibility index (Phi) is 6.22. The van der Waals surface area contributed by atoms with Gasteiger partial charge in [0.1, 0.15) is 18.2 Å². The number of hydrogen-bond acceptors (Lipinski definition) is 6. The van der Waals surface area contributed by atoms with Gasteiger partial charge < -0.3 is 14.6 Å². The molecule has 0 aliphatic carbocycles. The van der Waals surface area contributed by atoms with E-state index in [1.54, 1.807) is 12.3 Å². The highest BCUT2D eigenvalue weighted by Crippen LogP contribution is 2.29. The Morgan fingerprint density at radius 3 is 2.61 bits per heavy atom. The van der Waals surface area contributed by atoms with Crippen LogP contribution in [0.15, 0.2) is 65.6 Å². The average molecular weight is 443 g/mol. The van der Waals surface area contributed by atoms with E-state index in [4.69, 9.17) is 4.74 Å². The van der Waals surface area contributed by atoms with Gasteiger partial charge in [0.15, 0.2) is 0 Å². The zero-order valence-corrected chi connectivity index (χ0v) is 19.1. The lowest BCUT2D eigenvalue weighted by molar-refractivity contribution is -0.141. The number of aryl methyl sites for hydroxylation is 2. The maximum atomic E-state index is 12.2. The minimum atomic E-state index is -0.478. The molecule has 2 heterocycles. The molecular weight excluding hydrogens is 416 g/mol. The number of fused-ring (bicyclic) bond motifs is 1. The predicted molar refractivity (Wildman–Crippen MR) is 129 cm³/mol. The fourth-order valence-corrected chi connectivity index (χ4v) is 3.79. The first-order chi connectivity index (χ1) is 15.8. The van der Waals surface area contributed by atoms with E-state index in [0.717, 1.165) is 27.8 Å². The largest absolute Gasteiger partial charge is 0.468 e. The molecule has 1 N–H and O–H groups in total. The Bertz CT molecular complexity index is 1390. The molecule has 2 aromatic heterocycles. The average Bonchev–Trinajstić information content (AvgIpc) is 2.80. The molecule has 0 bridgehead atoms. The van der Waals surface area contributed by atoms with Crippen molar-refractivity contribution in [1.82, 2.24) is 14.5 Å². The second kappa shape index (κ2) is 9.24. The summed E-state index contributed by atoms with van der Waals surface area (Å²) in [6.45, 7) is 5.91. The summed E-state index contributed by atoms with van der Waals surface area (Å²) in [5.74, 6) is 0.949. The number of methoxy groups -OCH3 is 1. The molecule has 168 valence electrons. The number of pyridine rings is 1. The first-order valence-electron chi connectivity index (χ1n) is 10.7. The van der Waals surface area contributed by atoms with Gasteiger partial charge in [-0.3, -0.25) is 9.59 Å². The fourth-order valence-electron chi connectivity index (χ4n) is 3.79. The molecule has 0 aliphatic rings. The molecule has 2 aromatic carbocycles. The highest BCUT2D eigenvalue weighted by molar-refractivity contribution is 5.92. The molecule has 7 nitrogen and oxygen atoms in total. The van der Waals surface area contributed by atoms with Crippen molar-refractivity contribution in [2.45, 2.75) is 33.4 Å². The summed E-state index contributed by atoms with van der Waals surface area (Å²) >= 11 is 0. The van der Waals surface area contributed by atoms with Gasteiger partial charge in [-0.25, -0.2) is 9.97 Å². The van der Waals surface area contributed by atoms with Crippen LogP contribution in [0.4, 0.5) is 5.82 Å². The summed E-state index contributed by atoms with van der Waals surface area (Å²) in [6, 6.07) is 17.5. The molecule has 33 heavy (non-hydrogen) atoms. The second-order valence-electron chi connectivity index (χ2n) is 8.09. The van der Waals surface area contributed by atoms with Crippen LogP contribution in [0.1, 0.15) is 29.9 Å². The number of nitrogens with zero attached hydrogens (tertiary/aromatic N) is 3. The number of nitrogens with one attached hydrogen (secondary N) is 1. The maximum Gasteiger partial charge on any atom is 0.325 e. The number of carbonyl (C=O) groups excluding carboxylic acids is 1. The van der Waals surface area contributed by atoms with Crippen molar-refractivity contribution in [3.8, 4) is 11.1 Å². The van der Waals surface area contributed by atoms with Gasteiger partial charge in [0, 0.05) is 23.7 Å². The van der Waals surface area contributed by atoms with E-state index in [0.29, 0.717) is 5.82 Å². The van der Waals surface area contributed by atoms with E-state index in [-0.39, 0.29) is 18.1 Å². The highest BCUT2D eigenvalue weighted by atomic mass is 16.5. The Morgan fingerprint density at radius 2 is 1.85 bits per heavy atom. The lowest BCUT2D eigenvalue weighted by Gasteiger charge is -2.18. The molecule has 7 heteroatoms. The van der Waals surface area contributed by atoms with Crippen molar-refractivity contribution in [1.29, 1.82) is 0 Å². The van der Waals surface area contributed by atoms with Crippen molar-refractivity contribution in [2.75, 3.05) is 12.4 Å². The van der Waals surface area contributed by atoms with Crippen molar-refractivity contribution in [3.05, 3.63) is 88.1 Å². The van der Waals surface area contributed by atoms with Crippen molar-refractivity contribution in [2.24, 2.45) is 0 Å². The van der Waals surface area contributed by atoms with E-state index in [9.17, 15) is 9.59 Å². The normalized spacial score (nSPS) is 11.9. The summed E-state index contributed by atoms with van der Waals surface area (Å²) in [7, 11) is 1.30. The monoisotopic (exact) mass is 442 g/mol. The lowest BCUT2D eigenvalue weighted by atomic mass is 10.0. The Hall–Kier alpha value is -4.00. The van der Waals surface area contributed by atoms with E-state index in [1.165, 1.54) is 28.9 Å². The molecule has 0 spiro atoms. The summed E-state index contributed by atoms with van der Waals surface area (Å²) in [5, 5.41) is 4.41. The summed E-state index contributed by atoms with van der Waals surface area (Å²) in [6.07, 6.45) is 1.66. The molecule has 0 amide bonds. The minimum Gasteiger partial charge on any atom is -0.468 e. The van der Waals surface area contributed by atoms with Crippen LogP contribution in [0.5, 0.6) is 0 Å². The van der Waals surface area contributed by atoms with Gasteiger partial charge in [0.2, 0.25) is 0 Å². The van der Waals surface area contributed by atoms with Crippen LogP contribution in [0.2, 0.25) is 0 Å². The molecule has 4 rings (SSSR count). The second-order valence-corrected chi connectivity index (χ2v) is 8.09. The zero-order valence-electron chi connectivity index (χ0n) is 19.1. The van der Waals surface area contributed by atoms with Crippen LogP contribution in [0.3, 0.4) is 0 Å². The highest BCUT2D eigenvalue weighted by Gasteiger charge is 2.13. The third-order valence-corrected chi connectivity index (χ3v) is 5.55. The number of benzene rings is 2. The van der Waals surface area contributed by atoms with Crippen LogP contribution in [-0.4, -0.2) is 27.6 Å². The number of rotatable bonds is 6. The molecule has 0 fully saturated rings. The zero-order chi connectivity index (χ0) is 23.5. The van der Waals surface area contributed by atoms with Crippen molar-refractivity contribution >= 4 is 22.7 Å². The molecule has 1 atom stereocenters. The Morgan fingerprint density at radius 1 is 1.06 bits per heavy atom. The van der Waals surface area contributed by atoms with Crippen LogP contribution >= 0.6 is 0 Å². The maximum absolute atomic E-state index is 12.2. The molecule has 4 aromatic rings. The van der Waals surface area contributed by atoms with Crippen LogP contribution in [0.25, 0.3) is 22.0 Å². The third kappa shape index (κ3) is 4.92. The number of carbonyl (C=O) groups is 1. The lowest BCUT2D eigenvalue weighted by Crippen LogP contribution is -2.23. The van der Waals surface area contributed by atoms with Gasteiger partial charge in [-0.15, -0.1) is 0 Å².